The molecule has 1 rings (SSSR count). The fourth-order valence-electron chi connectivity index (χ4n) is 1.88. The number of carbonyl (C=O) groups is 2. The van der Waals surface area contributed by atoms with Crippen LogP contribution in [0.15, 0.2) is 0 Å². The van der Waals surface area contributed by atoms with Gasteiger partial charge in [0.05, 0.1) is 6.04 Å². The molecule has 6 nitrogen and oxygen atoms in total. The van der Waals surface area contributed by atoms with E-state index in [1.807, 2.05) is 13.8 Å². The number of carbonyl (C=O) groups excluding carboxylic acids is 2. The number of nitrogens with one attached hydrogen (secondary N) is 1. The minimum Gasteiger partial charge on any atom is -0.352 e. The van der Waals surface area contributed by atoms with Gasteiger partial charge in [-0.25, -0.2) is 0 Å². The van der Waals surface area contributed by atoms with E-state index in [4.69, 9.17) is 9.47 Å². The number of likely N-dealkylation sites (tertiary alicyclic amines) is 1. The molecule has 0 aromatic rings. The molecule has 18 heavy (non-hydrogen) atoms. The van der Waals surface area contributed by atoms with E-state index in [-0.39, 0.29) is 24.1 Å². The van der Waals surface area contributed by atoms with Crippen LogP contribution in [0.3, 0.4) is 0 Å². The Morgan fingerprint density at radius 1 is 1.33 bits per heavy atom. The Hall–Kier alpha value is -0.980. The Morgan fingerprint density at radius 3 is 2.50 bits per heavy atom. The molecule has 0 bridgehead atoms. The molecule has 1 saturated heterocycles. The monoisotopic (exact) mass is 258 g/mol. The molecule has 0 radical (unpaired) electrons. The summed E-state index contributed by atoms with van der Waals surface area (Å²) in [5, 5.41) is 3.10. The average Bonchev–Trinajstić information content (AvgIpc) is 2.35. The molecule has 2 amide bonds. The summed E-state index contributed by atoms with van der Waals surface area (Å²) in [6, 6.07) is -0.323. The van der Waals surface area contributed by atoms with Crippen molar-refractivity contribution in [2.45, 2.75) is 39.0 Å². The van der Waals surface area contributed by atoms with Crippen LogP contribution in [0.5, 0.6) is 0 Å². The Kier molecular flexibility index (Phi) is 6.24. The van der Waals surface area contributed by atoms with Crippen molar-refractivity contribution in [1.29, 1.82) is 0 Å². The van der Waals surface area contributed by atoms with E-state index in [1.54, 1.807) is 0 Å². The van der Waals surface area contributed by atoms with Gasteiger partial charge in [0.15, 0.2) is 6.29 Å². The van der Waals surface area contributed by atoms with Gasteiger partial charge in [-0.3, -0.25) is 14.5 Å². The van der Waals surface area contributed by atoms with E-state index in [1.165, 1.54) is 11.9 Å². The number of hydrogen-bond acceptors (Lipinski definition) is 5. The van der Waals surface area contributed by atoms with Gasteiger partial charge in [0, 0.05) is 33.2 Å². The topological polar surface area (TPSA) is 67.9 Å². The van der Waals surface area contributed by atoms with Gasteiger partial charge in [0.25, 0.3) is 0 Å². The molecular formula is C12H22N2O4. The zero-order valence-electron chi connectivity index (χ0n) is 11.3. The number of imide groups is 1. The lowest BCUT2D eigenvalue weighted by atomic mass is 10.0. The highest BCUT2D eigenvalue weighted by Gasteiger charge is 2.31. The summed E-state index contributed by atoms with van der Waals surface area (Å²) in [6.07, 6.45) is 0.580. The number of hydrogen-bond donors (Lipinski definition) is 1. The molecule has 1 heterocycles. The SMILES string of the molecule is CCOC(CNC1CCC(=O)N(C)C1=O)OCC. The van der Waals surface area contributed by atoms with Crippen molar-refractivity contribution in [3.63, 3.8) is 0 Å². The van der Waals surface area contributed by atoms with Crippen LogP contribution in [0.1, 0.15) is 26.7 Å². The van der Waals surface area contributed by atoms with Crippen LogP contribution in [0.4, 0.5) is 0 Å². The third kappa shape index (κ3) is 4.04. The zero-order valence-corrected chi connectivity index (χ0v) is 11.3. The highest BCUT2D eigenvalue weighted by atomic mass is 16.7. The highest BCUT2D eigenvalue weighted by molar-refractivity contribution is 6.00. The van der Waals surface area contributed by atoms with Crippen molar-refractivity contribution in [2.24, 2.45) is 0 Å². The predicted octanol–water partition coefficient (Wildman–Crippen LogP) is 0.123. The van der Waals surface area contributed by atoms with Gasteiger partial charge in [0.1, 0.15) is 0 Å². The second kappa shape index (κ2) is 7.45. The van der Waals surface area contributed by atoms with Gasteiger partial charge in [-0.1, -0.05) is 0 Å². The molecule has 1 N–H and O–H groups in total. The third-order valence-electron chi connectivity index (χ3n) is 2.89. The molecule has 1 fully saturated rings. The van der Waals surface area contributed by atoms with Crippen LogP contribution >= 0.6 is 0 Å². The quantitative estimate of drug-likeness (QED) is 0.519. The lowest BCUT2D eigenvalue weighted by Crippen LogP contribution is -2.53. The van der Waals surface area contributed by atoms with Gasteiger partial charge >= 0.3 is 0 Å². The molecule has 0 aliphatic carbocycles. The lowest BCUT2D eigenvalue weighted by Gasteiger charge is -2.29. The van der Waals surface area contributed by atoms with E-state index >= 15 is 0 Å². The molecule has 1 aliphatic heterocycles. The molecule has 6 heteroatoms. The first kappa shape index (κ1) is 15.1. The lowest BCUT2D eigenvalue weighted by molar-refractivity contribution is -0.150. The summed E-state index contributed by atoms with van der Waals surface area (Å²) in [7, 11) is 1.51. The first-order valence-electron chi connectivity index (χ1n) is 6.37. The molecule has 1 atom stereocenters. The number of ether oxygens (including phenoxy) is 2. The summed E-state index contributed by atoms with van der Waals surface area (Å²) >= 11 is 0. The van der Waals surface area contributed by atoms with E-state index in [2.05, 4.69) is 5.32 Å². The number of rotatable bonds is 7. The molecule has 0 spiro atoms. The maximum atomic E-state index is 11.8. The smallest absolute Gasteiger partial charge is 0.246 e. The van der Waals surface area contributed by atoms with E-state index in [0.717, 1.165) is 0 Å². The van der Waals surface area contributed by atoms with Crippen LogP contribution in [0.2, 0.25) is 0 Å². The standard InChI is InChI=1S/C12H22N2O4/c1-4-17-11(18-5-2)8-13-9-6-7-10(15)14(3)12(9)16/h9,11,13H,4-8H2,1-3H3. The summed E-state index contributed by atoms with van der Waals surface area (Å²) in [5.74, 6) is -0.304. The van der Waals surface area contributed by atoms with Crippen LogP contribution < -0.4 is 5.32 Å². The van der Waals surface area contributed by atoms with Gasteiger partial charge in [-0.15, -0.1) is 0 Å². The summed E-state index contributed by atoms with van der Waals surface area (Å²) in [5.41, 5.74) is 0. The van der Waals surface area contributed by atoms with Crippen molar-refractivity contribution in [1.82, 2.24) is 10.2 Å². The van der Waals surface area contributed by atoms with Crippen LogP contribution in [-0.2, 0) is 19.1 Å². The van der Waals surface area contributed by atoms with Crippen molar-refractivity contribution in [2.75, 3.05) is 26.8 Å². The van der Waals surface area contributed by atoms with E-state index in [9.17, 15) is 9.59 Å². The average molecular weight is 258 g/mol. The van der Waals surface area contributed by atoms with E-state index < -0.39 is 0 Å². The van der Waals surface area contributed by atoms with Crippen LogP contribution in [0.25, 0.3) is 0 Å². The zero-order chi connectivity index (χ0) is 13.5. The van der Waals surface area contributed by atoms with Gasteiger partial charge < -0.3 is 14.8 Å². The normalized spacial score (nSPS) is 20.9. The second-order valence-corrected chi connectivity index (χ2v) is 4.13. The summed E-state index contributed by atoms with van der Waals surface area (Å²) in [6.45, 7) is 5.35. The Morgan fingerprint density at radius 2 is 1.94 bits per heavy atom. The molecule has 0 saturated carbocycles. The van der Waals surface area contributed by atoms with Crippen LogP contribution in [0, 0.1) is 0 Å². The molecule has 104 valence electrons. The van der Waals surface area contributed by atoms with E-state index in [0.29, 0.717) is 32.6 Å². The third-order valence-corrected chi connectivity index (χ3v) is 2.89. The number of piperidine rings is 1. The maximum absolute atomic E-state index is 11.8. The maximum Gasteiger partial charge on any atom is 0.246 e. The summed E-state index contributed by atoms with van der Waals surface area (Å²) in [4.78, 5) is 24.3. The Bertz CT molecular complexity index is 290. The van der Waals surface area contributed by atoms with Crippen molar-refractivity contribution < 1.29 is 19.1 Å². The van der Waals surface area contributed by atoms with Crippen molar-refractivity contribution in [3.8, 4) is 0 Å². The minimum atomic E-state index is -0.351. The molecule has 0 aromatic heterocycles. The fourth-order valence-corrected chi connectivity index (χ4v) is 1.88. The fraction of sp³-hybridized carbons (Fsp3) is 0.833. The minimum absolute atomic E-state index is 0.121. The Balaban J connectivity index is 2.42. The first-order valence-corrected chi connectivity index (χ1v) is 6.37. The predicted molar refractivity (Wildman–Crippen MR) is 65.8 cm³/mol. The molecule has 1 unspecified atom stereocenters. The summed E-state index contributed by atoms with van der Waals surface area (Å²) < 4.78 is 10.8. The van der Waals surface area contributed by atoms with Gasteiger partial charge in [-0.2, -0.15) is 0 Å². The molecular weight excluding hydrogens is 236 g/mol. The molecule has 0 aromatic carbocycles. The Labute approximate surface area is 108 Å². The second-order valence-electron chi connectivity index (χ2n) is 4.13. The van der Waals surface area contributed by atoms with Crippen molar-refractivity contribution in [3.05, 3.63) is 0 Å². The number of likely N-dealkylation sites (N-methyl/N-ethyl adjacent to an activating group) is 1. The number of nitrogens with zero attached hydrogens (tertiary/aromatic N) is 1. The van der Waals surface area contributed by atoms with Gasteiger partial charge in [0.2, 0.25) is 11.8 Å². The van der Waals surface area contributed by atoms with Crippen LogP contribution in [-0.4, -0.2) is 55.9 Å². The first-order chi connectivity index (χ1) is 8.60. The molecule has 1 aliphatic rings. The van der Waals surface area contributed by atoms with Crippen molar-refractivity contribution >= 4 is 11.8 Å². The van der Waals surface area contributed by atoms with Gasteiger partial charge in [-0.05, 0) is 20.3 Å². The highest BCUT2D eigenvalue weighted by Crippen LogP contribution is 2.11. The number of amides is 2. The largest absolute Gasteiger partial charge is 0.352 e.